The topological polar surface area (TPSA) is 38.1 Å². The summed E-state index contributed by atoms with van der Waals surface area (Å²) in [6, 6.07) is 12.4. The zero-order valence-corrected chi connectivity index (χ0v) is 14.6. The molecule has 4 rings (SSSR count). The molecule has 0 spiro atoms. The number of thiophene rings is 1. The van der Waals surface area contributed by atoms with Crippen LogP contribution in [0.3, 0.4) is 0 Å². The van der Waals surface area contributed by atoms with E-state index in [0.29, 0.717) is 6.42 Å². The van der Waals surface area contributed by atoms with E-state index < -0.39 is 0 Å². The molecule has 1 saturated heterocycles. The van der Waals surface area contributed by atoms with E-state index in [0.717, 1.165) is 37.4 Å². The number of hydrogen-bond acceptors (Lipinski definition) is 3. The molecule has 1 fully saturated rings. The van der Waals surface area contributed by atoms with Crippen LogP contribution in [0.1, 0.15) is 36.4 Å². The number of benzene rings is 1. The van der Waals surface area contributed by atoms with Crippen LogP contribution in [0, 0.1) is 0 Å². The first-order chi connectivity index (χ1) is 11.8. The standard InChI is InChI=1S/C19H21N3OS/c1-2-9-22-17-8-4-3-7-16(17)20-19(22)14-11-18(23)21(12-14)13-15-6-5-10-24-15/h3-8,10,14H,2,9,11-13H2,1H3/t14-/m1/s1. The molecule has 5 heteroatoms. The first-order valence-electron chi connectivity index (χ1n) is 8.51. The number of amides is 1. The largest absolute Gasteiger partial charge is 0.337 e. The fourth-order valence-corrected chi connectivity index (χ4v) is 4.27. The van der Waals surface area contributed by atoms with Gasteiger partial charge in [-0.1, -0.05) is 25.1 Å². The van der Waals surface area contributed by atoms with Gasteiger partial charge in [0.15, 0.2) is 0 Å². The Balaban J connectivity index is 1.63. The number of nitrogens with zero attached hydrogens (tertiary/aromatic N) is 3. The Hall–Kier alpha value is -2.14. The third kappa shape index (κ3) is 2.73. The first-order valence-corrected chi connectivity index (χ1v) is 9.39. The highest BCUT2D eigenvalue weighted by Crippen LogP contribution is 2.31. The van der Waals surface area contributed by atoms with Gasteiger partial charge in [-0.3, -0.25) is 4.79 Å². The predicted octanol–water partition coefficient (Wildman–Crippen LogP) is 4.02. The fourth-order valence-electron chi connectivity index (χ4n) is 3.55. The lowest BCUT2D eigenvalue weighted by molar-refractivity contribution is -0.128. The second-order valence-electron chi connectivity index (χ2n) is 6.37. The maximum atomic E-state index is 12.5. The molecule has 0 N–H and O–H groups in total. The minimum absolute atomic E-state index is 0.191. The summed E-state index contributed by atoms with van der Waals surface area (Å²) in [6.45, 7) is 4.62. The van der Waals surface area contributed by atoms with Gasteiger partial charge in [-0.05, 0) is 30.0 Å². The zero-order valence-electron chi connectivity index (χ0n) is 13.8. The van der Waals surface area contributed by atoms with Crippen LogP contribution in [0.4, 0.5) is 0 Å². The van der Waals surface area contributed by atoms with Gasteiger partial charge >= 0.3 is 0 Å². The summed E-state index contributed by atoms with van der Waals surface area (Å²) in [6.07, 6.45) is 1.63. The van der Waals surface area contributed by atoms with Crippen LogP contribution in [0.5, 0.6) is 0 Å². The summed E-state index contributed by atoms with van der Waals surface area (Å²) in [4.78, 5) is 20.5. The minimum atomic E-state index is 0.191. The number of aryl methyl sites for hydroxylation is 1. The third-order valence-corrected chi connectivity index (χ3v) is 5.50. The van der Waals surface area contributed by atoms with Crippen molar-refractivity contribution in [1.29, 1.82) is 0 Å². The molecule has 1 aliphatic heterocycles. The Morgan fingerprint density at radius 1 is 1.25 bits per heavy atom. The molecule has 0 bridgehead atoms. The SMILES string of the molecule is CCCn1c([C@@H]2CC(=O)N(Cc3cccs3)C2)nc2ccccc21. The maximum absolute atomic E-state index is 12.5. The number of rotatable bonds is 5. The molecule has 0 radical (unpaired) electrons. The number of hydrogen-bond donors (Lipinski definition) is 0. The van der Waals surface area contributed by atoms with Crippen LogP contribution in [-0.2, 0) is 17.9 Å². The van der Waals surface area contributed by atoms with Gasteiger partial charge in [0.2, 0.25) is 5.91 Å². The summed E-state index contributed by atoms with van der Waals surface area (Å²) in [7, 11) is 0. The van der Waals surface area contributed by atoms with E-state index >= 15 is 0 Å². The van der Waals surface area contributed by atoms with Crippen molar-refractivity contribution in [3.8, 4) is 0 Å². The van der Waals surface area contributed by atoms with Crippen molar-refractivity contribution >= 4 is 28.3 Å². The van der Waals surface area contributed by atoms with Crippen LogP contribution in [-0.4, -0.2) is 26.9 Å². The third-order valence-electron chi connectivity index (χ3n) is 4.64. The molecule has 2 aromatic heterocycles. The van der Waals surface area contributed by atoms with Crippen LogP contribution < -0.4 is 0 Å². The Morgan fingerprint density at radius 3 is 2.92 bits per heavy atom. The van der Waals surface area contributed by atoms with Crippen molar-refractivity contribution in [3.63, 3.8) is 0 Å². The highest BCUT2D eigenvalue weighted by Gasteiger charge is 2.33. The van der Waals surface area contributed by atoms with Crippen molar-refractivity contribution in [2.45, 2.75) is 38.8 Å². The molecule has 3 aromatic rings. The molecule has 1 amide bonds. The zero-order chi connectivity index (χ0) is 16.5. The fraction of sp³-hybridized carbons (Fsp3) is 0.368. The molecule has 0 aliphatic carbocycles. The van der Waals surface area contributed by atoms with Gasteiger partial charge in [-0.2, -0.15) is 0 Å². The first kappa shape index (κ1) is 15.4. The van der Waals surface area contributed by atoms with Gasteiger partial charge in [-0.25, -0.2) is 4.98 Å². The monoisotopic (exact) mass is 339 g/mol. The van der Waals surface area contributed by atoms with Crippen molar-refractivity contribution in [2.24, 2.45) is 0 Å². The van der Waals surface area contributed by atoms with Gasteiger partial charge in [0.05, 0.1) is 17.6 Å². The average Bonchev–Trinajstić information content (AvgIpc) is 3.29. The Morgan fingerprint density at radius 2 is 2.12 bits per heavy atom. The predicted molar refractivity (Wildman–Crippen MR) is 97.1 cm³/mol. The molecule has 0 unspecified atom stereocenters. The van der Waals surface area contributed by atoms with Crippen molar-refractivity contribution in [1.82, 2.24) is 14.5 Å². The highest BCUT2D eigenvalue weighted by molar-refractivity contribution is 7.09. The summed E-state index contributed by atoms with van der Waals surface area (Å²) >= 11 is 1.71. The molecular weight excluding hydrogens is 318 g/mol. The molecule has 4 nitrogen and oxygen atoms in total. The van der Waals surface area contributed by atoms with Crippen molar-refractivity contribution < 1.29 is 4.79 Å². The summed E-state index contributed by atoms with van der Waals surface area (Å²) in [5, 5.41) is 2.06. The quantitative estimate of drug-likeness (QED) is 0.704. The van der Waals surface area contributed by atoms with Gasteiger partial charge in [-0.15, -0.1) is 11.3 Å². The Kier molecular flexibility index (Phi) is 4.10. The van der Waals surface area contributed by atoms with E-state index in [4.69, 9.17) is 4.98 Å². The number of carbonyl (C=O) groups is 1. The number of imidazole rings is 1. The molecule has 3 heterocycles. The molecule has 1 aromatic carbocycles. The van der Waals surface area contributed by atoms with Gasteiger partial charge in [0.25, 0.3) is 0 Å². The number of likely N-dealkylation sites (tertiary alicyclic amines) is 1. The molecule has 124 valence electrons. The van der Waals surface area contributed by atoms with E-state index in [9.17, 15) is 4.79 Å². The van der Waals surface area contributed by atoms with Crippen LogP contribution in [0.2, 0.25) is 0 Å². The van der Waals surface area contributed by atoms with Crippen LogP contribution >= 0.6 is 11.3 Å². The van der Waals surface area contributed by atoms with Crippen LogP contribution in [0.15, 0.2) is 41.8 Å². The molecule has 0 saturated carbocycles. The highest BCUT2D eigenvalue weighted by atomic mass is 32.1. The number of fused-ring (bicyclic) bond motifs is 1. The van der Waals surface area contributed by atoms with Crippen LogP contribution in [0.25, 0.3) is 11.0 Å². The lowest BCUT2D eigenvalue weighted by atomic mass is 10.1. The Bertz CT molecular complexity index is 853. The summed E-state index contributed by atoms with van der Waals surface area (Å²) < 4.78 is 2.31. The van der Waals surface area contributed by atoms with Crippen molar-refractivity contribution in [3.05, 3.63) is 52.5 Å². The van der Waals surface area contributed by atoms with E-state index in [1.165, 1.54) is 10.4 Å². The second-order valence-corrected chi connectivity index (χ2v) is 7.40. The molecule has 1 aliphatic rings. The van der Waals surface area contributed by atoms with Crippen molar-refractivity contribution in [2.75, 3.05) is 6.54 Å². The lowest BCUT2D eigenvalue weighted by Crippen LogP contribution is -2.24. The van der Waals surface area contributed by atoms with E-state index in [1.54, 1.807) is 11.3 Å². The minimum Gasteiger partial charge on any atom is -0.337 e. The molecule has 1 atom stereocenters. The van der Waals surface area contributed by atoms with Gasteiger partial charge in [0.1, 0.15) is 5.82 Å². The second kappa shape index (κ2) is 6.40. The summed E-state index contributed by atoms with van der Waals surface area (Å²) in [5.74, 6) is 1.50. The van der Waals surface area contributed by atoms with Gasteiger partial charge < -0.3 is 9.47 Å². The number of para-hydroxylation sites is 2. The van der Waals surface area contributed by atoms with E-state index in [2.05, 4.69) is 41.1 Å². The molecular formula is C19H21N3OS. The van der Waals surface area contributed by atoms with E-state index in [-0.39, 0.29) is 11.8 Å². The molecule has 24 heavy (non-hydrogen) atoms. The number of carbonyl (C=O) groups excluding carboxylic acids is 1. The average molecular weight is 339 g/mol. The maximum Gasteiger partial charge on any atom is 0.223 e. The smallest absolute Gasteiger partial charge is 0.223 e. The summed E-state index contributed by atoms with van der Waals surface area (Å²) in [5.41, 5.74) is 2.21. The Labute approximate surface area is 145 Å². The normalized spacial score (nSPS) is 18.0. The number of aromatic nitrogens is 2. The lowest BCUT2D eigenvalue weighted by Gasteiger charge is -2.16. The van der Waals surface area contributed by atoms with E-state index in [1.807, 2.05) is 17.0 Å². The van der Waals surface area contributed by atoms with Gasteiger partial charge in [0, 0.05) is 30.3 Å².